The molecule has 0 radical (unpaired) electrons. The summed E-state index contributed by atoms with van der Waals surface area (Å²) in [7, 11) is 0. The number of alkyl halides is 3. The van der Waals surface area contributed by atoms with Crippen LogP contribution in [0.1, 0.15) is 62.4 Å². The van der Waals surface area contributed by atoms with Crippen LogP contribution in [0.2, 0.25) is 0 Å². The van der Waals surface area contributed by atoms with Crippen LogP contribution < -0.4 is 10.6 Å². The lowest BCUT2D eigenvalue weighted by atomic mass is 10.0. The molecule has 0 aromatic carbocycles. The topological polar surface area (TPSA) is 109 Å². The number of carbonyl (C=O) groups excluding carboxylic acids is 2. The van der Waals surface area contributed by atoms with Crippen molar-refractivity contribution >= 4 is 17.8 Å². The van der Waals surface area contributed by atoms with Crippen LogP contribution in [0.4, 0.5) is 23.8 Å². The number of halogens is 3. The minimum Gasteiger partial charge on any atom is -0.446 e. The maximum atomic E-state index is 12.6. The van der Waals surface area contributed by atoms with E-state index in [1.807, 2.05) is 13.8 Å². The molecule has 0 unspecified atom stereocenters. The van der Waals surface area contributed by atoms with Crippen molar-refractivity contribution in [2.45, 2.75) is 70.2 Å². The number of aromatic amines is 1. The fraction of sp³-hybridized carbons (Fsp3) is 0.524. The fourth-order valence-electron chi connectivity index (χ4n) is 3.48. The van der Waals surface area contributed by atoms with Gasteiger partial charge in [-0.2, -0.15) is 18.3 Å². The zero-order valence-corrected chi connectivity index (χ0v) is 17.8. The summed E-state index contributed by atoms with van der Waals surface area (Å²) in [6.07, 6.45) is -1.52. The monoisotopic (exact) mass is 453 g/mol. The molecule has 1 aliphatic carbocycles. The van der Waals surface area contributed by atoms with E-state index >= 15 is 0 Å². The van der Waals surface area contributed by atoms with E-state index in [1.165, 1.54) is 6.07 Å². The van der Waals surface area contributed by atoms with Gasteiger partial charge < -0.3 is 15.4 Å². The van der Waals surface area contributed by atoms with Gasteiger partial charge in [0.1, 0.15) is 6.10 Å². The molecule has 8 nitrogen and oxygen atoms in total. The Bertz CT molecular complexity index is 930. The van der Waals surface area contributed by atoms with Crippen LogP contribution >= 0.6 is 0 Å². The lowest BCUT2D eigenvalue weighted by Gasteiger charge is -2.16. The van der Waals surface area contributed by atoms with Crippen LogP contribution in [0.3, 0.4) is 0 Å². The van der Waals surface area contributed by atoms with Crippen molar-refractivity contribution in [1.82, 2.24) is 20.5 Å². The second-order valence-electron chi connectivity index (χ2n) is 7.96. The number of nitrogens with zero attached hydrogens (tertiary/aromatic N) is 2. The summed E-state index contributed by atoms with van der Waals surface area (Å²) in [4.78, 5) is 27.8. The van der Waals surface area contributed by atoms with Crippen LogP contribution in [-0.2, 0) is 22.1 Å². The smallest absolute Gasteiger partial charge is 0.417 e. The van der Waals surface area contributed by atoms with Gasteiger partial charge in [0.2, 0.25) is 5.91 Å². The molecule has 2 heterocycles. The highest BCUT2D eigenvalue weighted by atomic mass is 19.4. The van der Waals surface area contributed by atoms with Crippen molar-refractivity contribution in [2.75, 3.05) is 5.32 Å². The predicted molar refractivity (Wildman–Crippen MR) is 110 cm³/mol. The molecule has 174 valence electrons. The van der Waals surface area contributed by atoms with Gasteiger partial charge in [0.05, 0.1) is 12.0 Å². The molecule has 0 saturated heterocycles. The molecule has 11 heteroatoms. The number of pyridine rings is 1. The van der Waals surface area contributed by atoms with E-state index in [0.29, 0.717) is 18.4 Å². The van der Waals surface area contributed by atoms with E-state index in [0.717, 1.165) is 31.0 Å². The Morgan fingerprint density at radius 3 is 2.75 bits per heavy atom. The summed E-state index contributed by atoms with van der Waals surface area (Å²) in [6, 6.07) is 3.83. The first kappa shape index (κ1) is 23.6. The van der Waals surface area contributed by atoms with Gasteiger partial charge >= 0.3 is 12.3 Å². The largest absolute Gasteiger partial charge is 0.446 e. The third-order valence-corrected chi connectivity index (χ3v) is 5.43. The Labute approximate surface area is 183 Å². The zero-order valence-electron chi connectivity index (χ0n) is 17.8. The van der Waals surface area contributed by atoms with Crippen molar-refractivity contribution in [1.29, 1.82) is 0 Å². The molecule has 2 amide bonds. The number of ether oxygens (including phenoxy) is 1. The molecule has 1 saturated carbocycles. The van der Waals surface area contributed by atoms with Crippen LogP contribution in [0.5, 0.6) is 0 Å². The second-order valence-corrected chi connectivity index (χ2v) is 7.96. The highest BCUT2D eigenvalue weighted by molar-refractivity contribution is 5.91. The van der Waals surface area contributed by atoms with Gasteiger partial charge in [0, 0.05) is 35.6 Å². The minimum absolute atomic E-state index is 0.0521. The second kappa shape index (κ2) is 10.0. The lowest BCUT2D eigenvalue weighted by molar-refractivity contribution is -0.137. The average molecular weight is 453 g/mol. The molecule has 3 rings (SSSR count). The highest BCUT2D eigenvalue weighted by Gasteiger charge is 2.31. The standard InChI is InChI=1S/C21H26F3N5O3/c1-3-12(2)26-20(31)32-16-7-4-13(8-16)17-10-18(29-28-17)27-19(30)9-15-6-5-14(11-25-15)21(22,23)24/h5-6,10-13,16H,3-4,7-9H2,1-2H3,(H,26,31)(H2,27,28,29,30)/t12-,13-,16+/m0/s1. The van der Waals surface area contributed by atoms with E-state index in [9.17, 15) is 22.8 Å². The first-order valence-electron chi connectivity index (χ1n) is 10.5. The van der Waals surface area contributed by atoms with E-state index in [4.69, 9.17) is 4.74 Å². The number of aromatic nitrogens is 3. The molecule has 3 atom stereocenters. The Morgan fingerprint density at radius 1 is 1.31 bits per heavy atom. The van der Waals surface area contributed by atoms with Gasteiger partial charge in [-0.15, -0.1) is 0 Å². The molecule has 0 bridgehead atoms. The van der Waals surface area contributed by atoms with Crippen molar-refractivity contribution < 1.29 is 27.5 Å². The minimum atomic E-state index is -4.47. The van der Waals surface area contributed by atoms with Crippen LogP contribution in [0.15, 0.2) is 24.4 Å². The number of alkyl carbamates (subject to hydrolysis) is 1. The summed E-state index contributed by atoms with van der Waals surface area (Å²) in [6.45, 7) is 3.89. The van der Waals surface area contributed by atoms with E-state index < -0.39 is 23.7 Å². The highest BCUT2D eigenvalue weighted by Crippen LogP contribution is 2.36. The summed E-state index contributed by atoms with van der Waals surface area (Å²) < 4.78 is 43.2. The van der Waals surface area contributed by atoms with Crippen molar-refractivity contribution in [3.8, 4) is 0 Å². The zero-order chi connectivity index (χ0) is 23.3. The van der Waals surface area contributed by atoms with Gasteiger partial charge in [-0.05, 0) is 44.7 Å². The Kier molecular flexibility index (Phi) is 7.37. The van der Waals surface area contributed by atoms with E-state index in [2.05, 4.69) is 25.8 Å². The molecular weight excluding hydrogens is 427 g/mol. The van der Waals surface area contributed by atoms with Gasteiger partial charge in [0.15, 0.2) is 5.82 Å². The van der Waals surface area contributed by atoms with Crippen LogP contribution in [0, 0.1) is 0 Å². The third-order valence-electron chi connectivity index (χ3n) is 5.43. The van der Waals surface area contributed by atoms with Gasteiger partial charge in [0.25, 0.3) is 0 Å². The normalized spacial score (nSPS) is 19.4. The van der Waals surface area contributed by atoms with Crippen molar-refractivity contribution in [3.63, 3.8) is 0 Å². The summed E-state index contributed by atoms with van der Waals surface area (Å²) in [5.74, 6) is -0.00780. The summed E-state index contributed by atoms with van der Waals surface area (Å²) in [5, 5.41) is 12.4. The molecule has 3 N–H and O–H groups in total. The van der Waals surface area contributed by atoms with Crippen LogP contribution in [-0.4, -0.2) is 39.3 Å². The molecule has 2 aromatic heterocycles. The molecular formula is C21H26F3N5O3. The van der Waals surface area contributed by atoms with Crippen molar-refractivity contribution in [2.24, 2.45) is 0 Å². The number of hydrogen-bond donors (Lipinski definition) is 3. The Morgan fingerprint density at radius 2 is 2.09 bits per heavy atom. The number of rotatable bonds is 7. The Hall–Kier alpha value is -3.11. The molecule has 32 heavy (non-hydrogen) atoms. The molecule has 1 aliphatic rings. The van der Waals surface area contributed by atoms with Gasteiger partial charge in [-0.25, -0.2) is 4.79 Å². The van der Waals surface area contributed by atoms with Gasteiger partial charge in [-0.1, -0.05) is 6.92 Å². The van der Waals surface area contributed by atoms with E-state index in [-0.39, 0.29) is 30.2 Å². The Balaban J connectivity index is 1.48. The number of amides is 2. The number of anilines is 1. The summed E-state index contributed by atoms with van der Waals surface area (Å²) in [5.41, 5.74) is 0.175. The number of carbonyl (C=O) groups is 2. The van der Waals surface area contributed by atoms with Crippen molar-refractivity contribution in [3.05, 3.63) is 41.3 Å². The molecule has 2 aromatic rings. The van der Waals surface area contributed by atoms with Crippen LogP contribution in [0.25, 0.3) is 0 Å². The van der Waals surface area contributed by atoms with Gasteiger partial charge in [-0.3, -0.25) is 14.9 Å². The fourth-order valence-corrected chi connectivity index (χ4v) is 3.48. The molecule has 0 aliphatic heterocycles. The maximum absolute atomic E-state index is 12.6. The first-order valence-corrected chi connectivity index (χ1v) is 10.5. The number of H-pyrrole nitrogens is 1. The third kappa shape index (κ3) is 6.44. The molecule has 1 fully saturated rings. The molecule has 0 spiro atoms. The number of nitrogens with one attached hydrogen (secondary N) is 3. The SMILES string of the molecule is CC[C@H](C)NC(=O)O[C@@H]1CC[C@H](c2cc(NC(=O)Cc3ccc(C(F)(F)F)cn3)n[nH]2)C1. The predicted octanol–water partition coefficient (Wildman–Crippen LogP) is 4.17. The maximum Gasteiger partial charge on any atom is 0.417 e. The average Bonchev–Trinajstić information content (AvgIpc) is 3.37. The summed E-state index contributed by atoms with van der Waals surface area (Å²) >= 11 is 0. The first-order chi connectivity index (χ1) is 15.1. The lowest BCUT2D eigenvalue weighted by Crippen LogP contribution is -2.34. The number of hydrogen-bond acceptors (Lipinski definition) is 5. The quantitative estimate of drug-likeness (QED) is 0.583. The van der Waals surface area contributed by atoms with E-state index in [1.54, 1.807) is 6.07 Å².